The van der Waals surface area contributed by atoms with Crippen LogP contribution in [0.25, 0.3) is 0 Å². The van der Waals surface area contributed by atoms with E-state index in [9.17, 15) is 4.79 Å². The molecule has 0 bridgehead atoms. The molecule has 0 saturated carbocycles. The highest BCUT2D eigenvalue weighted by Gasteiger charge is 2.06. The molecule has 2 aromatic rings. The number of amides is 1. The van der Waals surface area contributed by atoms with Gasteiger partial charge in [0.2, 0.25) is 5.88 Å². The maximum absolute atomic E-state index is 11.1. The van der Waals surface area contributed by atoms with Gasteiger partial charge >= 0.3 is 0 Å². The SMILES string of the molecule is NC(=O)c1cccc(Oc2ccc(C[C@H](N)CO)cc2)n1. The van der Waals surface area contributed by atoms with Gasteiger partial charge in [-0.3, -0.25) is 4.79 Å². The molecule has 21 heavy (non-hydrogen) atoms. The van der Waals surface area contributed by atoms with Crippen LogP contribution in [0.15, 0.2) is 42.5 Å². The summed E-state index contributed by atoms with van der Waals surface area (Å²) in [6.45, 7) is -0.0535. The van der Waals surface area contributed by atoms with Crippen molar-refractivity contribution in [1.29, 1.82) is 0 Å². The van der Waals surface area contributed by atoms with Gasteiger partial charge in [-0.15, -0.1) is 0 Å². The largest absolute Gasteiger partial charge is 0.439 e. The molecule has 0 aliphatic heterocycles. The molecule has 0 fully saturated rings. The highest BCUT2D eigenvalue weighted by molar-refractivity contribution is 5.90. The van der Waals surface area contributed by atoms with Gasteiger partial charge in [0.15, 0.2) is 0 Å². The second-order valence-corrected chi connectivity index (χ2v) is 4.62. The summed E-state index contributed by atoms with van der Waals surface area (Å²) in [5.41, 5.74) is 12.0. The number of nitrogens with two attached hydrogens (primary N) is 2. The van der Waals surface area contributed by atoms with E-state index in [1.54, 1.807) is 24.3 Å². The van der Waals surface area contributed by atoms with Gasteiger partial charge in [-0.1, -0.05) is 18.2 Å². The number of nitrogens with zero attached hydrogens (tertiary/aromatic N) is 1. The Kier molecular flexibility index (Phi) is 4.86. The Morgan fingerprint density at radius 2 is 1.95 bits per heavy atom. The lowest BCUT2D eigenvalue weighted by atomic mass is 10.1. The van der Waals surface area contributed by atoms with Crippen LogP contribution in [-0.4, -0.2) is 28.6 Å². The predicted octanol–water partition coefficient (Wildman–Crippen LogP) is 0.835. The number of hydrogen-bond acceptors (Lipinski definition) is 5. The molecule has 1 aromatic heterocycles. The molecular formula is C15H17N3O3. The first kappa shape index (κ1) is 15.0. The minimum atomic E-state index is -0.603. The van der Waals surface area contributed by atoms with Gasteiger partial charge in [-0.2, -0.15) is 0 Å². The lowest BCUT2D eigenvalue weighted by Crippen LogP contribution is -2.26. The fourth-order valence-electron chi connectivity index (χ4n) is 1.79. The summed E-state index contributed by atoms with van der Waals surface area (Å²) in [5.74, 6) is 0.283. The summed E-state index contributed by atoms with van der Waals surface area (Å²) in [4.78, 5) is 15.1. The normalized spacial score (nSPS) is 11.9. The molecule has 5 N–H and O–H groups in total. The Morgan fingerprint density at radius 3 is 2.57 bits per heavy atom. The smallest absolute Gasteiger partial charge is 0.267 e. The summed E-state index contributed by atoms with van der Waals surface area (Å²) < 4.78 is 5.56. The molecule has 6 heteroatoms. The van der Waals surface area contributed by atoms with Crippen LogP contribution in [0.5, 0.6) is 11.6 Å². The fraction of sp³-hybridized carbons (Fsp3) is 0.200. The highest BCUT2D eigenvalue weighted by Crippen LogP contribution is 2.20. The average molecular weight is 287 g/mol. The zero-order chi connectivity index (χ0) is 15.2. The summed E-state index contributed by atoms with van der Waals surface area (Å²) in [5, 5.41) is 8.92. The van der Waals surface area contributed by atoms with E-state index in [0.29, 0.717) is 18.1 Å². The summed E-state index contributed by atoms with van der Waals surface area (Å²) >= 11 is 0. The van der Waals surface area contributed by atoms with Crippen LogP contribution in [0.2, 0.25) is 0 Å². The van der Waals surface area contributed by atoms with Crippen molar-refractivity contribution in [3.8, 4) is 11.6 Å². The Morgan fingerprint density at radius 1 is 1.24 bits per heavy atom. The van der Waals surface area contributed by atoms with Crippen molar-refractivity contribution in [2.45, 2.75) is 12.5 Å². The van der Waals surface area contributed by atoms with Gasteiger partial charge in [0.05, 0.1) is 6.61 Å². The third-order valence-corrected chi connectivity index (χ3v) is 2.85. The first-order chi connectivity index (χ1) is 10.1. The van der Waals surface area contributed by atoms with Crippen molar-refractivity contribution in [2.75, 3.05) is 6.61 Å². The molecule has 1 amide bonds. The van der Waals surface area contributed by atoms with Crippen molar-refractivity contribution in [3.05, 3.63) is 53.7 Å². The molecule has 0 saturated heterocycles. The van der Waals surface area contributed by atoms with Crippen molar-refractivity contribution in [3.63, 3.8) is 0 Å². The fourth-order valence-corrected chi connectivity index (χ4v) is 1.79. The number of benzene rings is 1. The third kappa shape index (κ3) is 4.27. The van der Waals surface area contributed by atoms with E-state index in [-0.39, 0.29) is 18.3 Å². The molecule has 0 radical (unpaired) electrons. The molecule has 2 rings (SSSR count). The number of carbonyl (C=O) groups excluding carboxylic acids is 1. The Bertz CT molecular complexity index is 614. The number of hydrogen-bond donors (Lipinski definition) is 3. The van der Waals surface area contributed by atoms with E-state index < -0.39 is 5.91 Å². The van der Waals surface area contributed by atoms with Crippen molar-refractivity contribution >= 4 is 5.91 Å². The first-order valence-electron chi connectivity index (χ1n) is 6.48. The lowest BCUT2D eigenvalue weighted by molar-refractivity contribution is 0.0995. The Balaban J connectivity index is 2.06. The van der Waals surface area contributed by atoms with Crippen molar-refractivity contribution in [2.24, 2.45) is 11.5 Å². The van der Waals surface area contributed by atoms with Crippen LogP contribution < -0.4 is 16.2 Å². The topological polar surface area (TPSA) is 111 Å². The van der Waals surface area contributed by atoms with Gasteiger partial charge in [0, 0.05) is 12.1 Å². The molecule has 0 unspecified atom stereocenters. The molecule has 6 nitrogen and oxygen atoms in total. The lowest BCUT2D eigenvalue weighted by Gasteiger charge is -2.09. The molecule has 0 aliphatic carbocycles. The number of pyridine rings is 1. The van der Waals surface area contributed by atoms with Gasteiger partial charge in [-0.05, 0) is 30.2 Å². The monoisotopic (exact) mass is 287 g/mol. The molecule has 0 aliphatic rings. The van der Waals surface area contributed by atoms with E-state index in [0.717, 1.165) is 5.56 Å². The van der Waals surface area contributed by atoms with E-state index in [1.807, 2.05) is 12.1 Å². The van der Waals surface area contributed by atoms with Crippen molar-refractivity contribution < 1.29 is 14.6 Å². The summed E-state index contributed by atoms with van der Waals surface area (Å²) in [7, 11) is 0. The highest BCUT2D eigenvalue weighted by atomic mass is 16.5. The van der Waals surface area contributed by atoms with Crippen LogP contribution in [-0.2, 0) is 6.42 Å². The van der Waals surface area contributed by atoms with E-state index >= 15 is 0 Å². The second-order valence-electron chi connectivity index (χ2n) is 4.62. The van der Waals surface area contributed by atoms with Crippen LogP contribution in [0, 0.1) is 0 Å². The van der Waals surface area contributed by atoms with Gasteiger partial charge in [-0.25, -0.2) is 4.98 Å². The first-order valence-corrected chi connectivity index (χ1v) is 6.48. The molecule has 0 spiro atoms. The van der Waals surface area contributed by atoms with E-state index in [4.69, 9.17) is 21.3 Å². The summed E-state index contributed by atoms with van der Waals surface area (Å²) in [6, 6.07) is 11.8. The van der Waals surface area contributed by atoms with Crippen molar-refractivity contribution in [1.82, 2.24) is 4.98 Å². The van der Waals surface area contributed by atoms with E-state index in [1.165, 1.54) is 6.07 Å². The molecular weight excluding hydrogens is 270 g/mol. The predicted molar refractivity (Wildman–Crippen MR) is 78.0 cm³/mol. The average Bonchev–Trinajstić information content (AvgIpc) is 2.49. The number of aromatic nitrogens is 1. The Hall–Kier alpha value is -2.44. The minimum Gasteiger partial charge on any atom is -0.439 e. The maximum atomic E-state index is 11.1. The van der Waals surface area contributed by atoms with Gasteiger partial charge in [0.1, 0.15) is 11.4 Å². The quantitative estimate of drug-likeness (QED) is 0.728. The number of rotatable bonds is 6. The number of ether oxygens (including phenoxy) is 1. The molecule has 1 aromatic carbocycles. The number of carbonyl (C=O) groups is 1. The molecule has 110 valence electrons. The third-order valence-electron chi connectivity index (χ3n) is 2.85. The van der Waals surface area contributed by atoms with Crippen LogP contribution >= 0.6 is 0 Å². The molecule has 1 atom stereocenters. The van der Waals surface area contributed by atoms with Gasteiger partial charge in [0.25, 0.3) is 5.91 Å². The minimum absolute atomic E-state index is 0.0535. The van der Waals surface area contributed by atoms with Crippen LogP contribution in [0.3, 0.4) is 0 Å². The van der Waals surface area contributed by atoms with Crippen LogP contribution in [0.4, 0.5) is 0 Å². The maximum Gasteiger partial charge on any atom is 0.267 e. The number of aliphatic hydroxyl groups excluding tert-OH is 1. The number of aliphatic hydroxyl groups is 1. The zero-order valence-electron chi connectivity index (χ0n) is 11.4. The number of primary amides is 1. The van der Waals surface area contributed by atoms with E-state index in [2.05, 4.69) is 4.98 Å². The second kappa shape index (κ2) is 6.83. The van der Waals surface area contributed by atoms with Crippen LogP contribution in [0.1, 0.15) is 16.1 Å². The van der Waals surface area contributed by atoms with Gasteiger partial charge < -0.3 is 21.3 Å². The Labute approximate surface area is 122 Å². The zero-order valence-corrected chi connectivity index (χ0v) is 11.4. The standard InChI is InChI=1S/C15H17N3O3/c16-11(9-19)8-10-4-6-12(7-5-10)21-14-3-1-2-13(18-14)15(17)20/h1-7,11,19H,8-9,16H2,(H2,17,20)/t11-/m0/s1. The molecule has 1 heterocycles. The summed E-state index contributed by atoms with van der Waals surface area (Å²) in [6.07, 6.45) is 0.589.